The van der Waals surface area contributed by atoms with Gasteiger partial charge in [-0.25, -0.2) is 14.6 Å². The Morgan fingerprint density at radius 3 is 2.54 bits per heavy atom. The summed E-state index contributed by atoms with van der Waals surface area (Å²) in [7, 11) is 1.28. The molecule has 5 rings (SSSR count). The molecule has 4 aromatic rings. The first-order valence-electron chi connectivity index (χ1n) is 12.4. The van der Waals surface area contributed by atoms with E-state index in [4.69, 9.17) is 13.9 Å². The third-order valence-electron chi connectivity index (χ3n) is 6.43. The minimum absolute atomic E-state index is 0.104. The number of carbonyl (C=O) groups is 2. The van der Waals surface area contributed by atoms with Gasteiger partial charge in [0, 0.05) is 12.1 Å². The molecular weight excluding hydrogens is 550 g/mol. The lowest BCUT2D eigenvalue weighted by atomic mass is 9.95. The van der Waals surface area contributed by atoms with Crippen molar-refractivity contribution in [1.82, 2.24) is 4.57 Å². The number of hydrogen-bond donors (Lipinski definition) is 0. The number of fused-ring (bicyclic) bond motifs is 1. The number of ether oxygens (including phenoxy) is 2. The van der Waals surface area contributed by atoms with Gasteiger partial charge >= 0.3 is 11.9 Å². The maximum atomic E-state index is 13.8. The van der Waals surface area contributed by atoms with Crippen LogP contribution in [-0.2, 0) is 14.3 Å². The number of nitro groups is 1. The fraction of sp³-hybridized carbons (Fsp3) is 0.172. The Morgan fingerprint density at radius 2 is 1.85 bits per heavy atom. The van der Waals surface area contributed by atoms with Gasteiger partial charge in [0.05, 0.1) is 51.6 Å². The Hall–Kier alpha value is -5.10. The van der Waals surface area contributed by atoms with E-state index >= 15 is 0 Å². The van der Waals surface area contributed by atoms with Crippen LogP contribution in [0.5, 0.6) is 0 Å². The van der Waals surface area contributed by atoms with Crippen LogP contribution in [0.15, 0.2) is 86.1 Å². The molecule has 0 N–H and O–H groups in total. The summed E-state index contributed by atoms with van der Waals surface area (Å²) in [4.78, 5) is 54.6. The predicted octanol–water partition coefficient (Wildman–Crippen LogP) is 3.75. The first kappa shape index (κ1) is 27.5. The van der Waals surface area contributed by atoms with Crippen LogP contribution in [0, 0.1) is 10.1 Å². The summed E-state index contributed by atoms with van der Waals surface area (Å²) in [6, 6.07) is 15.0. The number of nitrogens with zero attached hydrogens (tertiary/aromatic N) is 3. The van der Waals surface area contributed by atoms with Gasteiger partial charge in [0.15, 0.2) is 4.80 Å². The molecule has 0 aliphatic carbocycles. The normalized spacial score (nSPS) is 14.8. The monoisotopic (exact) mass is 573 g/mol. The topological polar surface area (TPSA) is 143 Å². The summed E-state index contributed by atoms with van der Waals surface area (Å²) in [5.74, 6) is -0.536. The highest BCUT2D eigenvalue weighted by Crippen LogP contribution is 2.32. The van der Waals surface area contributed by atoms with Crippen LogP contribution in [0.2, 0.25) is 0 Å². The van der Waals surface area contributed by atoms with Gasteiger partial charge in [0.1, 0.15) is 11.5 Å². The highest BCUT2D eigenvalue weighted by atomic mass is 32.1. The Morgan fingerprint density at radius 1 is 1.12 bits per heavy atom. The zero-order valence-electron chi connectivity index (χ0n) is 22.2. The van der Waals surface area contributed by atoms with E-state index in [1.54, 1.807) is 68.4 Å². The Balaban J connectivity index is 1.63. The molecule has 1 atom stereocenters. The lowest BCUT2D eigenvalue weighted by Gasteiger charge is -2.24. The number of methoxy groups -OCH3 is 1. The molecule has 1 aliphatic rings. The molecule has 0 bridgehead atoms. The molecule has 1 unspecified atom stereocenters. The van der Waals surface area contributed by atoms with Crippen molar-refractivity contribution in [2.24, 2.45) is 4.99 Å². The highest BCUT2D eigenvalue weighted by Gasteiger charge is 2.33. The quantitative estimate of drug-likeness (QED) is 0.185. The largest absolute Gasteiger partial charge is 0.465 e. The van der Waals surface area contributed by atoms with Crippen molar-refractivity contribution < 1.29 is 28.4 Å². The standard InChI is InChI=1S/C29H23N3O8S/c1-4-39-28(35)24-16(2)30-29-31(25(24)17-9-11-18(12-10-17)27(34)38-3)26(33)23(41-29)15-19-13-14-22(40-19)20-7-5-6-8-21(20)32(36)37/h5-15,25H,4H2,1-3H3. The second-order valence-electron chi connectivity index (χ2n) is 8.89. The van der Waals surface area contributed by atoms with Crippen molar-refractivity contribution >= 4 is 35.0 Å². The number of hydrogen-bond acceptors (Lipinski definition) is 10. The van der Waals surface area contributed by atoms with Gasteiger partial charge in [-0.15, -0.1) is 0 Å². The molecule has 0 saturated carbocycles. The van der Waals surface area contributed by atoms with Gasteiger partial charge in [-0.1, -0.05) is 35.6 Å². The summed E-state index contributed by atoms with van der Waals surface area (Å²) < 4.78 is 17.6. The van der Waals surface area contributed by atoms with E-state index in [9.17, 15) is 24.5 Å². The molecule has 12 heteroatoms. The van der Waals surface area contributed by atoms with Crippen molar-refractivity contribution in [2.75, 3.05) is 13.7 Å². The number of carbonyl (C=O) groups excluding carboxylic acids is 2. The molecule has 208 valence electrons. The fourth-order valence-electron chi connectivity index (χ4n) is 4.57. The molecule has 0 fully saturated rings. The molecule has 1 aliphatic heterocycles. The molecule has 0 amide bonds. The molecule has 0 radical (unpaired) electrons. The molecule has 41 heavy (non-hydrogen) atoms. The van der Waals surface area contributed by atoms with Crippen molar-refractivity contribution in [3.8, 4) is 11.3 Å². The summed E-state index contributed by atoms with van der Waals surface area (Å²) >= 11 is 1.11. The van der Waals surface area contributed by atoms with Gasteiger partial charge in [0.25, 0.3) is 11.2 Å². The van der Waals surface area contributed by atoms with Crippen LogP contribution >= 0.6 is 11.3 Å². The van der Waals surface area contributed by atoms with E-state index in [0.717, 1.165) is 11.3 Å². The van der Waals surface area contributed by atoms with Gasteiger partial charge in [-0.2, -0.15) is 0 Å². The fourth-order valence-corrected chi connectivity index (χ4v) is 5.60. The minimum Gasteiger partial charge on any atom is -0.465 e. The van der Waals surface area contributed by atoms with Crippen LogP contribution in [0.25, 0.3) is 17.4 Å². The second-order valence-corrected chi connectivity index (χ2v) is 9.90. The van der Waals surface area contributed by atoms with Crippen LogP contribution in [0.1, 0.15) is 41.6 Å². The Labute approximate surface area is 236 Å². The van der Waals surface area contributed by atoms with E-state index < -0.39 is 28.5 Å². The van der Waals surface area contributed by atoms with Gasteiger partial charge < -0.3 is 13.9 Å². The van der Waals surface area contributed by atoms with E-state index in [1.165, 1.54) is 23.8 Å². The van der Waals surface area contributed by atoms with Crippen LogP contribution < -0.4 is 14.9 Å². The van der Waals surface area contributed by atoms with Crippen LogP contribution in [-0.4, -0.2) is 35.1 Å². The van der Waals surface area contributed by atoms with E-state index in [0.29, 0.717) is 32.9 Å². The lowest BCUT2D eigenvalue weighted by molar-refractivity contribution is -0.384. The van der Waals surface area contributed by atoms with E-state index in [1.807, 2.05) is 0 Å². The number of para-hydroxylation sites is 1. The predicted molar refractivity (Wildman–Crippen MR) is 149 cm³/mol. The zero-order valence-corrected chi connectivity index (χ0v) is 23.0. The second kappa shape index (κ2) is 11.2. The average molecular weight is 574 g/mol. The number of aromatic nitrogens is 1. The number of allylic oxidation sites excluding steroid dienone is 1. The number of thiazole rings is 1. The molecule has 3 heterocycles. The van der Waals surface area contributed by atoms with Crippen molar-refractivity contribution in [1.29, 1.82) is 0 Å². The summed E-state index contributed by atoms with van der Waals surface area (Å²) in [6.07, 6.45) is 1.53. The maximum Gasteiger partial charge on any atom is 0.338 e. The van der Waals surface area contributed by atoms with Crippen molar-refractivity contribution in [3.63, 3.8) is 0 Å². The number of benzene rings is 2. The summed E-state index contributed by atoms with van der Waals surface area (Å²) in [6.45, 7) is 3.49. The molecule has 2 aromatic heterocycles. The number of nitro benzene ring substituents is 1. The number of rotatable bonds is 7. The van der Waals surface area contributed by atoms with Crippen LogP contribution in [0.3, 0.4) is 0 Å². The Bertz CT molecular complexity index is 1900. The highest BCUT2D eigenvalue weighted by molar-refractivity contribution is 7.07. The SMILES string of the molecule is CCOC(=O)C1=C(C)N=c2sc(=Cc3ccc(-c4ccccc4[N+](=O)[O-])o3)c(=O)n2C1c1ccc(C(=O)OC)cc1. The summed E-state index contributed by atoms with van der Waals surface area (Å²) in [5.41, 5.74) is 1.27. The number of esters is 2. The maximum absolute atomic E-state index is 13.8. The van der Waals surface area contributed by atoms with Gasteiger partial charge in [-0.05, 0) is 49.7 Å². The Kier molecular flexibility index (Phi) is 7.49. The van der Waals surface area contributed by atoms with Crippen molar-refractivity contribution in [3.05, 3.63) is 119 Å². The van der Waals surface area contributed by atoms with Gasteiger partial charge in [0.2, 0.25) is 0 Å². The molecule has 2 aromatic carbocycles. The lowest BCUT2D eigenvalue weighted by Crippen LogP contribution is -2.39. The zero-order chi connectivity index (χ0) is 29.3. The average Bonchev–Trinajstić information content (AvgIpc) is 3.56. The van der Waals surface area contributed by atoms with Crippen molar-refractivity contribution in [2.45, 2.75) is 19.9 Å². The van der Waals surface area contributed by atoms with E-state index in [-0.39, 0.29) is 28.2 Å². The summed E-state index contributed by atoms with van der Waals surface area (Å²) in [5, 5.41) is 11.5. The molecule has 0 saturated heterocycles. The molecular formula is C29H23N3O8S. The molecule has 11 nitrogen and oxygen atoms in total. The molecule has 0 spiro atoms. The smallest absolute Gasteiger partial charge is 0.338 e. The van der Waals surface area contributed by atoms with Crippen LogP contribution in [0.4, 0.5) is 5.69 Å². The number of furan rings is 1. The first-order valence-corrected chi connectivity index (χ1v) is 13.3. The van der Waals surface area contributed by atoms with E-state index in [2.05, 4.69) is 4.99 Å². The first-order chi connectivity index (χ1) is 19.7. The van der Waals surface area contributed by atoms with Gasteiger partial charge in [-0.3, -0.25) is 19.5 Å². The minimum atomic E-state index is -0.863. The third kappa shape index (κ3) is 5.12. The third-order valence-corrected chi connectivity index (χ3v) is 7.41.